The van der Waals surface area contributed by atoms with Crippen molar-refractivity contribution in [1.29, 1.82) is 0 Å². The van der Waals surface area contributed by atoms with E-state index in [0.717, 1.165) is 17.2 Å². The van der Waals surface area contributed by atoms with E-state index in [9.17, 15) is 0 Å². The van der Waals surface area contributed by atoms with Gasteiger partial charge in [-0.15, -0.1) is 22.0 Å². The second kappa shape index (κ2) is 7.09. The maximum atomic E-state index is 6.12. The van der Waals surface area contributed by atoms with Gasteiger partial charge in [0.2, 0.25) is 11.8 Å². The number of aromatic nitrogens is 2. The molecule has 0 bridgehead atoms. The smallest absolute Gasteiger partial charge is 0.234 e. The molecule has 140 valence electrons. The number of benzene rings is 1. The summed E-state index contributed by atoms with van der Waals surface area (Å²) < 4.78 is 11.6. The fourth-order valence-electron chi connectivity index (χ4n) is 3.88. The Kier molecular flexibility index (Phi) is 4.96. The Morgan fingerprint density at radius 1 is 1.27 bits per heavy atom. The minimum atomic E-state index is 0.0219. The molecule has 2 aliphatic heterocycles. The lowest BCUT2D eigenvalue weighted by Gasteiger charge is -2.35. The normalized spacial score (nSPS) is 24.0. The molecule has 0 radical (unpaired) electrons. The zero-order valence-electron chi connectivity index (χ0n) is 15.4. The first-order valence-corrected chi connectivity index (χ1v) is 11.0. The van der Waals surface area contributed by atoms with E-state index in [-0.39, 0.29) is 15.7 Å². The quantitative estimate of drug-likeness (QED) is 0.844. The highest BCUT2D eigenvalue weighted by molar-refractivity contribution is 8.02. The van der Waals surface area contributed by atoms with Gasteiger partial charge in [0.05, 0.1) is 18.4 Å². The van der Waals surface area contributed by atoms with Crippen LogP contribution < -0.4 is 10.1 Å². The number of hydrogen-bond acceptors (Lipinski definition) is 7. The van der Waals surface area contributed by atoms with Gasteiger partial charge in [0.15, 0.2) is 0 Å². The van der Waals surface area contributed by atoms with Gasteiger partial charge in [-0.2, -0.15) is 11.8 Å². The number of nitrogens with one attached hydrogen (secondary N) is 1. The lowest BCUT2D eigenvalue weighted by molar-refractivity contribution is 0.311. The average Bonchev–Trinajstić information content (AvgIpc) is 3.17. The molecule has 0 unspecified atom stereocenters. The van der Waals surface area contributed by atoms with Crippen molar-refractivity contribution in [2.24, 2.45) is 0 Å². The summed E-state index contributed by atoms with van der Waals surface area (Å²) in [6.45, 7) is 4.49. The van der Waals surface area contributed by atoms with Crippen molar-refractivity contribution in [1.82, 2.24) is 15.5 Å². The van der Waals surface area contributed by atoms with Crippen molar-refractivity contribution in [3.8, 4) is 5.75 Å². The molecule has 2 saturated heterocycles. The molecule has 2 fully saturated rings. The first-order chi connectivity index (χ1) is 12.5. The number of hydrogen-bond donors (Lipinski definition) is 1. The summed E-state index contributed by atoms with van der Waals surface area (Å²) >= 11 is 4.09. The first-order valence-electron chi connectivity index (χ1n) is 9.01. The molecule has 0 aliphatic carbocycles. The van der Waals surface area contributed by atoms with Crippen LogP contribution in [0, 0.1) is 0 Å². The summed E-state index contributed by atoms with van der Waals surface area (Å²) in [5.41, 5.74) is 1.11. The van der Waals surface area contributed by atoms with Gasteiger partial charge < -0.3 is 9.15 Å². The van der Waals surface area contributed by atoms with E-state index < -0.39 is 0 Å². The molecule has 7 heteroatoms. The zero-order chi connectivity index (χ0) is 18.2. The largest absolute Gasteiger partial charge is 0.497 e. The Morgan fingerprint density at radius 3 is 2.85 bits per heavy atom. The number of nitrogens with zero attached hydrogens (tertiary/aromatic N) is 2. The van der Waals surface area contributed by atoms with Crippen LogP contribution in [0.15, 0.2) is 28.7 Å². The van der Waals surface area contributed by atoms with Crippen LogP contribution in [-0.4, -0.2) is 38.4 Å². The maximum absolute atomic E-state index is 6.12. The molecule has 1 aromatic carbocycles. The van der Waals surface area contributed by atoms with E-state index in [4.69, 9.17) is 9.15 Å². The van der Waals surface area contributed by atoms with Gasteiger partial charge in [-0.25, -0.2) is 0 Å². The Bertz CT molecular complexity index is 772. The number of rotatable bonds is 4. The number of methoxy groups -OCH3 is 1. The Balaban J connectivity index is 1.56. The highest BCUT2D eigenvalue weighted by Gasteiger charge is 2.54. The second-order valence-electron chi connectivity index (χ2n) is 7.43. The van der Waals surface area contributed by atoms with Crippen molar-refractivity contribution < 1.29 is 9.15 Å². The zero-order valence-corrected chi connectivity index (χ0v) is 17.1. The minimum absolute atomic E-state index is 0.0219. The highest BCUT2D eigenvalue weighted by atomic mass is 32.2. The molecular formula is C19H25N3O2S2. The van der Waals surface area contributed by atoms with E-state index in [0.29, 0.717) is 12.3 Å². The van der Waals surface area contributed by atoms with Crippen LogP contribution in [0.25, 0.3) is 0 Å². The molecule has 1 aromatic heterocycles. The number of thioether (sulfide) groups is 2. The summed E-state index contributed by atoms with van der Waals surface area (Å²) in [5.74, 6) is 4.63. The second-order valence-corrected chi connectivity index (χ2v) is 10.7. The van der Waals surface area contributed by atoms with Crippen LogP contribution in [0.5, 0.6) is 5.75 Å². The first kappa shape index (κ1) is 18.2. The van der Waals surface area contributed by atoms with Crippen molar-refractivity contribution in [2.75, 3.05) is 18.6 Å². The molecule has 0 saturated carbocycles. The molecule has 1 N–H and O–H groups in total. The van der Waals surface area contributed by atoms with Gasteiger partial charge in [-0.1, -0.05) is 12.1 Å². The van der Waals surface area contributed by atoms with Crippen LogP contribution >= 0.6 is 23.5 Å². The molecule has 2 aromatic rings. The molecule has 1 atom stereocenters. The van der Waals surface area contributed by atoms with Gasteiger partial charge in [0.25, 0.3) is 0 Å². The van der Waals surface area contributed by atoms with E-state index in [1.807, 2.05) is 41.7 Å². The molecule has 4 rings (SSSR count). The minimum Gasteiger partial charge on any atom is -0.497 e. The third-order valence-corrected chi connectivity index (χ3v) is 7.70. The molecule has 0 amide bonds. The fourth-order valence-corrected chi connectivity index (χ4v) is 7.24. The molecule has 3 heterocycles. The Hall–Kier alpha value is -1.18. The van der Waals surface area contributed by atoms with Crippen LogP contribution in [-0.2, 0) is 6.42 Å². The molecule has 1 spiro atoms. The molecular weight excluding hydrogens is 366 g/mol. The van der Waals surface area contributed by atoms with E-state index in [2.05, 4.69) is 35.4 Å². The van der Waals surface area contributed by atoms with E-state index in [1.165, 1.54) is 24.3 Å². The van der Waals surface area contributed by atoms with E-state index in [1.54, 1.807) is 7.11 Å². The van der Waals surface area contributed by atoms with Crippen molar-refractivity contribution in [2.45, 2.75) is 48.8 Å². The molecule has 5 nitrogen and oxygen atoms in total. The maximum Gasteiger partial charge on any atom is 0.234 e. The van der Waals surface area contributed by atoms with Gasteiger partial charge in [0, 0.05) is 4.75 Å². The molecule has 26 heavy (non-hydrogen) atoms. The van der Waals surface area contributed by atoms with Crippen LogP contribution in [0.4, 0.5) is 0 Å². The van der Waals surface area contributed by atoms with Gasteiger partial charge in [0.1, 0.15) is 11.8 Å². The fraction of sp³-hybridized carbons (Fsp3) is 0.579. The van der Waals surface area contributed by atoms with Crippen molar-refractivity contribution in [3.05, 3.63) is 41.6 Å². The average molecular weight is 392 g/mol. The summed E-state index contributed by atoms with van der Waals surface area (Å²) in [4.78, 5) is 0.0219. The highest BCUT2D eigenvalue weighted by Crippen LogP contribution is 2.56. The number of ether oxygens (including phenoxy) is 1. The van der Waals surface area contributed by atoms with Crippen molar-refractivity contribution in [3.63, 3.8) is 0 Å². The van der Waals surface area contributed by atoms with E-state index >= 15 is 0 Å². The Labute approximate surface area is 163 Å². The predicted octanol–water partition coefficient (Wildman–Crippen LogP) is 4.05. The van der Waals surface area contributed by atoms with Crippen LogP contribution in [0.1, 0.15) is 50.1 Å². The third-order valence-electron chi connectivity index (χ3n) is 5.03. The van der Waals surface area contributed by atoms with Crippen LogP contribution in [0.2, 0.25) is 0 Å². The lowest BCUT2D eigenvalue weighted by Crippen LogP contribution is -2.38. The lowest BCUT2D eigenvalue weighted by atomic mass is 9.92. The summed E-state index contributed by atoms with van der Waals surface area (Å²) in [5, 5.41) is 12.5. The van der Waals surface area contributed by atoms with Crippen LogP contribution in [0.3, 0.4) is 0 Å². The standard InChI is InChI=1S/C19H25N3O2S2/c1-18(2)20-16(19(26-18)7-9-25-10-8-19)17-22-21-15(24-17)12-13-5-4-6-14(11-13)23-3/h4-6,11,16,20H,7-10,12H2,1-3H3/t16-/m0/s1. The SMILES string of the molecule is COc1cccc(Cc2nnc([C@@H]3NC(C)(C)SC34CCSCC4)o2)c1. The summed E-state index contributed by atoms with van der Waals surface area (Å²) in [6, 6.07) is 8.11. The van der Waals surface area contributed by atoms with Gasteiger partial charge in [-0.05, 0) is 55.9 Å². The third kappa shape index (κ3) is 3.62. The summed E-state index contributed by atoms with van der Waals surface area (Å²) in [6.07, 6.45) is 2.98. The van der Waals surface area contributed by atoms with Gasteiger partial charge in [-0.3, -0.25) is 5.32 Å². The topological polar surface area (TPSA) is 60.2 Å². The predicted molar refractivity (Wildman–Crippen MR) is 107 cm³/mol. The van der Waals surface area contributed by atoms with Gasteiger partial charge >= 0.3 is 0 Å². The monoisotopic (exact) mass is 391 g/mol. The Morgan fingerprint density at radius 2 is 2.08 bits per heavy atom. The molecule has 2 aliphatic rings. The summed E-state index contributed by atoms with van der Waals surface area (Å²) in [7, 11) is 1.68. The van der Waals surface area contributed by atoms with Crippen molar-refractivity contribution >= 4 is 23.5 Å².